The third-order valence-corrected chi connectivity index (χ3v) is 4.07. The molecule has 0 saturated carbocycles. The van der Waals surface area contributed by atoms with E-state index in [4.69, 9.17) is 4.74 Å². The average molecular weight is 307 g/mol. The zero-order valence-electron chi connectivity index (χ0n) is 11.8. The van der Waals surface area contributed by atoms with Gasteiger partial charge in [-0.3, -0.25) is 4.72 Å². The fourth-order valence-corrected chi connectivity index (χ4v) is 3.04. The summed E-state index contributed by atoms with van der Waals surface area (Å²) in [6.45, 7) is 2.49. The number of pyridine rings is 1. The van der Waals surface area contributed by atoms with Crippen LogP contribution in [-0.4, -0.2) is 27.1 Å². The first-order chi connectivity index (χ1) is 10.1. The summed E-state index contributed by atoms with van der Waals surface area (Å²) in [5.74, 6) is 0.446. The van der Waals surface area contributed by atoms with E-state index in [1.165, 1.54) is 13.3 Å². The lowest BCUT2D eigenvalue weighted by atomic mass is 10.3. The molecule has 0 radical (unpaired) electrons. The van der Waals surface area contributed by atoms with E-state index in [0.717, 1.165) is 0 Å². The Hall–Kier alpha value is -2.28. The molecule has 6 nitrogen and oxygen atoms in total. The van der Waals surface area contributed by atoms with Gasteiger partial charge in [0.25, 0.3) is 10.0 Å². The van der Waals surface area contributed by atoms with Crippen molar-refractivity contribution in [3.63, 3.8) is 0 Å². The molecule has 2 aromatic rings. The number of benzene rings is 1. The summed E-state index contributed by atoms with van der Waals surface area (Å²) in [6, 6.07) is 10.2. The lowest BCUT2D eigenvalue weighted by Crippen LogP contribution is -2.17. The van der Waals surface area contributed by atoms with Crippen molar-refractivity contribution in [1.82, 2.24) is 4.98 Å². The fraction of sp³-hybridized carbons (Fsp3) is 0.214. The maximum absolute atomic E-state index is 12.5. The maximum Gasteiger partial charge on any atom is 0.281 e. The minimum atomic E-state index is -3.80. The first-order valence-electron chi connectivity index (χ1n) is 6.43. The molecule has 0 spiro atoms. The van der Waals surface area contributed by atoms with Crippen molar-refractivity contribution < 1.29 is 13.2 Å². The van der Waals surface area contributed by atoms with Gasteiger partial charge in [-0.1, -0.05) is 12.1 Å². The summed E-state index contributed by atoms with van der Waals surface area (Å²) in [4.78, 5) is 3.97. The molecule has 1 heterocycles. The molecule has 0 saturated heterocycles. The summed E-state index contributed by atoms with van der Waals surface area (Å²) < 4.78 is 32.6. The Balaban J connectivity index is 2.39. The van der Waals surface area contributed by atoms with Crippen molar-refractivity contribution in [2.75, 3.05) is 23.7 Å². The molecular weight excluding hydrogens is 290 g/mol. The largest absolute Gasteiger partial charge is 0.495 e. The summed E-state index contributed by atoms with van der Waals surface area (Å²) in [5, 5.41) is 2.94. The minimum Gasteiger partial charge on any atom is -0.495 e. The van der Waals surface area contributed by atoms with E-state index in [9.17, 15) is 8.42 Å². The molecule has 1 aromatic heterocycles. The van der Waals surface area contributed by atoms with Crippen LogP contribution in [0.15, 0.2) is 47.6 Å². The summed E-state index contributed by atoms with van der Waals surface area (Å²) >= 11 is 0. The van der Waals surface area contributed by atoms with E-state index >= 15 is 0 Å². The number of ether oxygens (including phenoxy) is 1. The van der Waals surface area contributed by atoms with Gasteiger partial charge in [-0.2, -0.15) is 8.42 Å². The monoisotopic (exact) mass is 307 g/mol. The third-order valence-electron chi connectivity index (χ3n) is 2.74. The summed E-state index contributed by atoms with van der Waals surface area (Å²) in [6.07, 6.45) is 1.44. The zero-order chi connectivity index (χ0) is 15.3. The minimum absolute atomic E-state index is 0.0437. The Labute approximate surface area is 124 Å². The molecule has 7 heteroatoms. The van der Waals surface area contributed by atoms with Crippen LogP contribution in [0.5, 0.6) is 5.75 Å². The van der Waals surface area contributed by atoms with E-state index < -0.39 is 10.0 Å². The summed E-state index contributed by atoms with van der Waals surface area (Å²) in [7, 11) is -2.32. The van der Waals surface area contributed by atoms with Gasteiger partial charge in [0.05, 0.1) is 18.5 Å². The molecule has 2 N–H and O–H groups in total. The number of hydrogen-bond donors (Lipinski definition) is 2. The molecule has 112 valence electrons. The van der Waals surface area contributed by atoms with Crippen molar-refractivity contribution in [3.05, 3.63) is 42.6 Å². The average Bonchev–Trinajstić information content (AvgIpc) is 2.48. The van der Waals surface area contributed by atoms with Crippen LogP contribution in [0, 0.1) is 0 Å². The second-order valence-electron chi connectivity index (χ2n) is 4.19. The number of para-hydroxylation sites is 2. The van der Waals surface area contributed by atoms with Gasteiger partial charge in [-0.15, -0.1) is 0 Å². The quantitative estimate of drug-likeness (QED) is 0.856. The fourth-order valence-electron chi connectivity index (χ4n) is 1.85. The van der Waals surface area contributed by atoms with Crippen LogP contribution < -0.4 is 14.8 Å². The number of nitrogens with zero attached hydrogens (tertiary/aromatic N) is 1. The Morgan fingerprint density at radius 1 is 1.14 bits per heavy atom. The molecule has 0 unspecified atom stereocenters. The number of nitrogens with one attached hydrogen (secondary N) is 2. The maximum atomic E-state index is 12.5. The standard InChI is InChI=1S/C14H17N3O3S/c1-3-15-12-8-6-10-16-14(12)21(18,19)17-11-7-4-5-9-13(11)20-2/h4-10,15,17H,3H2,1-2H3. The highest BCUT2D eigenvalue weighted by Crippen LogP contribution is 2.27. The number of rotatable bonds is 6. The molecule has 0 amide bonds. The number of hydrogen-bond acceptors (Lipinski definition) is 5. The highest BCUT2D eigenvalue weighted by molar-refractivity contribution is 7.92. The number of methoxy groups -OCH3 is 1. The van der Waals surface area contributed by atoms with E-state index in [-0.39, 0.29) is 5.03 Å². The van der Waals surface area contributed by atoms with Gasteiger partial charge in [-0.25, -0.2) is 4.98 Å². The highest BCUT2D eigenvalue weighted by Gasteiger charge is 2.21. The highest BCUT2D eigenvalue weighted by atomic mass is 32.2. The first-order valence-corrected chi connectivity index (χ1v) is 7.91. The van der Waals surface area contributed by atoms with Crippen LogP contribution in [-0.2, 0) is 10.0 Å². The molecule has 0 aliphatic carbocycles. The van der Waals surface area contributed by atoms with Gasteiger partial charge in [0.15, 0.2) is 5.03 Å². The Morgan fingerprint density at radius 2 is 1.86 bits per heavy atom. The molecule has 0 aliphatic rings. The van der Waals surface area contributed by atoms with E-state index in [1.807, 2.05) is 6.92 Å². The predicted molar refractivity (Wildman–Crippen MR) is 82.2 cm³/mol. The topological polar surface area (TPSA) is 80.3 Å². The van der Waals surface area contributed by atoms with Gasteiger partial charge in [0.1, 0.15) is 5.75 Å². The Morgan fingerprint density at radius 3 is 2.57 bits per heavy atom. The van der Waals surface area contributed by atoms with Gasteiger partial charge in [0.2, 0.25) is 0 Å². The van der Waals surface area contributed by atoms with Crippen LogP contribution in [0.2, 0.25) is 0 Å². The van der Waals surface area contributed by atoms with Crippen LogP contribution in [0.4, 0.5) is 11.4 Å². The normalized spacial score (nSPS) is 11.0. The molecule has 21 heavy (non-hydrogen) atoms. The predicted octanol–water partition coefficient (Wildman–Crippen LogP) is 2.32. The van der Waals surface area contributed by atoms with E-state index in [0.29, 0.717) is 23.7 Å². The van der Waals surface area contributed by atoms with Crippen LogP contribution in [0.3, 0.4) is 0 Å². The molecule has 1 aromatic carbocycles. The second kappa shape index (κ2) is 6.45. The molecule has 0 aliphatic heterocycles. The number of aromatic nitrogens is 1. The van der Waals surface area contributed by atoms with Gasteiger partial charge in [0, 0.05) is 12.7 Å². The van der Waals surface area contributed by atoms with Crippen molar-refractivity contribution in [2.45, 2.75) is 11.9 Å². The Bertz CT molecular complexity index is 717. The van der Waals surface area contributed by atoms with Crippen LogP contribution >= 0.6 is 0 Å². The van der Waals surface area contributed by atoms with Gasteiger partial charge in [-0.05, 0) is 31.2 Å². The van der Waals surface area contributed by atoms with Crippen molar-refractivity contribution in [3.8, 4) is 5.75 Å². The van der Waals surface area contributed by atoms with Crippen LogP contribution in [0.25, 0.3) is 0 Å². The number of sulfonamides is 1. The summed E-state index contributed by atoms with van der Waals surface area (Å²) in [5.41, 5.74) is 0.829. The Kier molecular flexibility index (Phi) is 4.64. The van der Waals surface area contributed by atoms with Gasteiger partial charge < -0.3 is 10.1 Å². The number of anilines is 2. The second-order valence-corrected chi connectivity index (χ2v) is 5.79. The molecule has 0 bridgehead atoms. The third kappa shape index (κ3) is 3.43. The molecular formula is C14H17N3O3S. The van der Waals surface area contributed by atoms with Gasteiger partial charge >= 0.3 is 0 Å². The molecule has 0 atom stereocenters. The van der Waals surface area contributed by atoms with Crippen molar-refractivity contribution in [1.29, 1.82) is 0 Å². The van der Waals surface area contributed by atoms with E-state index in [2.05, 4.69) is 15.0 Å². The van der Waals surface area contributed by atoms with Crippen molar-refractivity contribution in [2.24, 2.45) is 0 Å². The SMILES string of the molecule is CCNc1cccnc1S(=O)(=O)Nc1ccccc1OC. The first kappa shape index (κ1) is 15.1. The van der Waals surface area contributed by atoms with Crippen LogP contribution in [0.1, 0.15) is 6.92 Å². The molecule has 2 rings (SSSR count). The zero-order valence-corrected chi connectivity index (χ0v) is 12.6. The van der Waals surface area contributed by atoms with E-state index in [1.54, 1.807) is 36.4 Å². The lowest BCUT2D eigenvalue weighted by molar-refractivity contribution is 0.417. The van der Waals surface area contributed by atoms with Crippen molar-refractivity contribution >= 4 is 21.4 Å². The lowest BCUT2D eigenvalue weighted by Gasteiger charge is -2.13. The smallest absolute Gasteiger partial charge is 0.281 e. The molecule has 0 fully saturated rings.